The van der Waals surface area contributed by atoms with Gasteiger partial charge in [-0.15, -0.1) is 0 Å². The number of nitriles is 1. The quantitative estimate of drug-likeness (QED) is 0.828. The predicted molar refractivity (Wildman–Crippen MR) is 65.5 cm³/mol. The molecule has 8 heteroatoms. The van der Waals surface area contributed by atoms with Crippen molar-refractivity contribution in [2.45, 2.75) is 10.9 Å². The molecule has 1 aliphatic heterocycles. The Morgan fingerprint density at radius 3 is 2.95 bits per heavy atom. The fourth-order valence-electron chi connectivity index (χ4n) is 1.79. The molecule has 0 bridgehead atoms. The van der Waals surface area contributed by atoms with E-state index >= 15 is 0 Å². The first kappa shape index (κ1) is 14.2. The van der Waals surface area contributed by atoms with Crippen LogP contribution in [-0.2, 0) is 14.8 Å². The number of hydrogen-bond acceptors (Lipinski definition) is 4. The van der Waals surface area contributed by atoms with Crippen molar-refractivity contribution in [2.24, 2.45) is 0 Å². The van der Waals surface area contributed by atoms with Gasteiger partial charge in [-0.25, -0.2) is 12.8 Å². The number of benzene rings is 1. The van der Waals surface area contributed by atoms with Crippen LogP contribution in [0.1, 0.15) is 0 Å². The summed E-state index contributed by atoms with van der Waals surface area (Å²) in [5.41, 5.74) is 0. The Hall–Kier alpha value is -1.20. The Morgan fingerprint density at radius 1 is 1.53 bits per heavy atom. The minimum Gasteiger partial charge on any atom is -0.377 e. The number of halogens is 2. The molecule has 1 heterocycles. The molecule has 0 aromatic heterocycles. The van der Waals surface area contributed by atoms with E-state index in [1.165, 1.54) is 12.1 Å². The average Bonchev–Trinajstić information content (AvgIpc) is 2.41. The molecular formula is C11H10ClFN2O3S. The van der Waals surface area contributed by atoms with Crippen molar-refractivity contribution in [1.29, 1.82) is 5.26 Å². The second kappa shape index (κ2) is 5.43. The molecule has 1 saturated heterocycles. The number of rotatable bonds is 2. The number of hydrogen-bond donors (Lipinski definition) is 0. The third-order valence-corrected chi connectivity index (χ3v) is 4.95. The van der Waals surface area contributed by atoms with Gasteiger partial charge in [0, 0.05) is 6.54 Å². The van der Waals surface area contributed by atoms with Crippen LogP contribution in [0.4, 0.5) is 4.39 Å². The summed E-state index contributed by atoms with van der Waals surface area (Å²) in [5.74, 6) is -1.01. The number of nitrogens with zero attached hydrogens (tertiary/aromatic N) is 2. The molecule has 1 aromatic carbocycles. The molecule has 1 atom stereocenters. The molecule has 0 radical (unpaired) electrons. The molecule has 0 aliphatic carbocycles. The van der Waals surface area contributed by atoms with Gasteiger partial charge in [0.05, 0.1) is 24.3 Å². The molecule has 0 spiro atoms. The Bertz CT molecular complexity index is 629. The molecule has 0 N–H and O–H groups in total. The molecule has 0 amide bonds. The van der Waals surface area contributed by atoms with Crippen molar-refractivity contribution in [3.8, 4) is 6.07 Å². The number of ether oxygens (including phenoxy) is 1. The van der Waals surface area contributed by atoms with Gasteiger partial charge in [0.2, 0.25) is 10.0 Å². The van der Waals surface area contributed by atoms with Gasteiger partial charge in [0.25, 0.3) is 0 Å². The maximum atomic E-state index is 13.8. The fourth-order valence-corrected chi connectivity index (χ4v) is 3.62. The van der Waals surface area contributed by atoms with Crippen molar-refractivity contribution in [3.63, 3.8) is 0 Å². The maximum absolute atomic E-state index is 13.8. The van der Waals surface area contributed by atoms with E-state index in [0.717, 1.165) is 10.4 Å². The molecule has 5 nitrogen and oxygen atoms in total. The van der Waals surface area contributed by atoms with Gasteiger partial charge in [-0.2, -0.15) is 9.57 Å². The third kappa shape index (κ3) is 2.58. The summed E-state index contributed by atoms with van der Waals surface area (Å²) in [7, 11) is -4.11. The van der Waals surface area contributed by atoms with Crippen LogP contribution in [0.15, 0.2) is 23.1 Å². The van der Waals surface area contributed by atoms with Crippen molar-refractivity contribution in [2.75, 3.05) is 19.8 Å². The van der Waals surface area contributed by atoms with Crippen molar-refractivity contribution in [3.05, 3.63) is 29.0 Å². The smallest absolute Gasteiger partial charge is 0.247 e. The summed E-state index contributed by atoms with van der Waals surface area (Å²) in [6, 6.07) is 4.60. The van der Waals surface area contributed by atoms with Gasteiger partial charge in [0.1, 0.15) is 10.9 Å². The highest BCUT2D eigenvalue weighted by Crippen LogP contribution is 2.26. The second-order valence-corrected chi connectivity index (χ2v) is 6.15. The zero-order valence-electron chi connectivity index (χ0n) is 9.71. The van der Waals surface area contributed by atoms with Gasteiger partial charge < -0.3 is 4.74 Å². The topological polar surface area (TPSA) is 70.4 Å². The largest absolute Gasteiger partial charge is 0.377 e. The molecule has 1 aliphatic rings. The van der Waals surface area contributed by atoms with Gasteiger partial charge in [-0.1, -0.05) is 17.7 Å². The van der Waals surface area contributed by atoms with Crippen molar-refractivity contribution in [1.82, 2.24) is 4.31 Å². The van der Waals surface area contributed by atoms with Gasteiger partial charge in [0.15, 0.2) is 5.82 Å². The van der Waals surface area contributed by atoms with Gasteiger partial charge in [-0.3, -0.25) is 0 Å². The number of sulfonamides is 1. The van der Waals surface area contributed by atoms with Crippen molar-refractivity contribution < 1.29 is 17.5 Å². The van der Waals surface area contributed by atoms with Crippen LogP contribution in [0.3, 0.4) is 0 Å². The van der Waals surface area contributed by atoms with Crippen LogP contribution in [0.5, 0.6) is 0 Å². The second-order valence-electron chi connectivity index (χ2n) is 3.89. The highest BCUT2D eigenvalue weighted by Gasteiger charge is 2.36. The SMILES string of the molecule is N#CC1COCCN1S(=O)(=O)c1cccc(Cl)c1F. The lowest BCUT2D eigenvalue weighted by molar-refractivity contribution is 0.0510. The van der Waals surface area contributed by atoms with E-state index in [0.29, 0.717) is 0 Å². The molecule has 0 saturated carbocycles. The minimum absolute atomic E-state index is 0.00646. The van der Waals surface area contributed by atoms with E-state index in [4.69, 9.17) is 21.6 Å². The summed E-state index contributed by atoms with van der Waals surface area (Å²) in [6.07, 6.45) is 0. The summed E-state index contributed by atoms with van der Waals surface area (Å²) >= 11 is 5.58. The van der Waals surface area contributed by atoms with Gasteiger partial charge >= 0.3 is 0 Å². The molecule has 2 rings (SSSR count). The average molecular weight is 305 g/mol. The Balaban J connectivity index is 2.47. The monoisotopic (exact) mass is 304 g/mol. The van der Waals surface area contributed by atoms with Crippen LogP contribution in [0.2, 0.25) is 5.02 Å². The number of morpholine rings is 1. The zero-order chi connectivity index (χ0) is 14.0. The third-order valence-electron chi connectivity index (χ3n) is 2.73. The van der Waals surface area contributed by atoms with E-state index in [1.807, 2.05) is 6.07 Å². The first-order valence-corrected chi connectivity index (χ1v) is 7.23. The molecule has 1 aromatic rings. The first-order valence-electron chi connectivity index (χ1n) is 5.41. The Kier molecular flexibility index (Phi) is 4.06. The van der Waals surface area contributed by atoms with Crippen LogP contribution < -0.4 is 0 Å². The normalized spacial score (nSPS) is 21.0. The van der Waals surface area contributed by atoms with E-state index in [9.17, 15) is 12.8 Å². The molecule has 102 valence electrons. The van der Waals surface area contributed by atoms with E-state index in [2.05, 4.69) is 0 Å². The summed E-state index contributed by atoms with van der Waals surface area (Å²) < 4.78 is 44.5. The van der Waals surface area contributed by atoms with E-state index < -0.39 is 26.8 Å². The Labute approximate surface area is 115 Å². The Morgan fingerprint density at radius 2 is 2.26 bits per heavy atom. The van der Waals surface area contributed by atoms with Crippen LogP contribution in [-0.4, -0.2) is 38.5 Å². The van der Waals surface area contributed by atoms with Crippen LogP contribution in [0.25, 0.3) is 0 Å². The first-order chi connectivity index (χ1) is 8.98. The summed E-state index contributed by atoms with van der Waals surface area (Å²) in [5, 5.41) is 8.66. The standard InChI is InChI=1S/C11H10ClFN2O3S/c12-9-2-1-3-10(11(9)13)19(16,17)15-4-5-18-7-8(15)6-14/h1-3,8H,4-5,7H2. The van der Waals surface area contributed by atoms with Crippen molar-refractivity contribution >= 4 is 21.6 Å². The minimum atomic E-state index is -4.11. The highest BCUT2D eigenvalue weighted by atomic mass is 35.5. The summed E-state index contributed by atoms with van der Waals surface area (Å²) in [4.78, 5) is -0.526. The van der Waals surface area contributed by atoms with E-state index in [-0.39, 0.29) is 24.8 Å². The zero-order valence-corrected chi connectivity index (χ0v) is 11.3. The van der Waals surface area contributed by atoms with E-state index in [1.54, 1.807) is 0 Å². The molecule has 1 unspecified atom stereocenters. The molecule has 1 fully saturated rings. The van der Waals surface area contributed by atoms with Crippen LogP contribution >= 0.6 is 11.6 Å². The van der Waals surface area contributed by atoms with Gasteiger partial charge in [-0.05, 0) is 12.1 Å². The lowest BCUT2D eigenvalue weighted by Gasteiger charge is -2.30. The molecule has 19 heavy (non-hydrogen) atoms. The summed E-state index contributed by atoms with van der Waals surface area (Å²) in [6.45, 7) is 0.143. The fraction of sp³-hybridized carbons (Fsp3) is 0.364. The lowest BCUT2D eigenvalue weighted by Crippen LogP contribution is -2.48. The van der Waals surface area contributed by atoms with Crippen LogP contribution in [0, 0.1) is 17.1 Å². The predicted octanol–water partition coefficient (Wildman–Crippen LogP) is 1.39. The lowest BCUT2D eigenvalue weighted by atomic mass is 10.3. The maximum Gasteiger partial charge on any atom is 0.247 e. The highest BCUT2D eigenvalue weighted by molar-refractivity contribution is 7.89. The molecular weight excluding hydrogens is 295 g/mol.